The van der Waals surface area contributed by atoms with E-state index in [2.05, 4.69) is 0 Å². The lowest BCUT2D eigenvalue weighted by molar-refractivity contribution is -0.142. The Hall–Kier alpha value is -2.44. The lowest BCUT2D eigenvalue weighted by atomic mass is 10.2. The molecule has 0 radical (unpaired) electrons. The van der Waals surface area contributed by atoms with Crippen LogP contribution in [-0.2, 0) is 6.18 Å². The molecule has 0 bridgehead atoms. The molecular weight excluding hydrogens is 291 g/mol. The number of nitriles is 2. The minimum absolute atomic E-state index is 0.166. The van der Waals surface area contributed by atoms with Gasteiger partial charge in [0.1, 0.15) is 23.4 Å². The van der Waals surface area contributed by atoms with Gasteiger partial charge in [-0.05, 0) is 24.3 Å². The summed E-state index contributed by atoms with van der Waals surface area (Å²) in [5.41, 5.74) is -2.01. The van der Waals surface area contributed by atoms with Crippen LogP contribution in [0.1, 0.15) is 16.8 Å². The highest BCUT2D eigenvalue weighted by Gasteiger charge is 2.39. The van der Waals surface area contributed by atoms with E-state index in [4.69, 9.17) is 22.1 Å². The minimum Gasteiger partial charge on any atom is -0.310 e. The maximum absolute atomic E-state index is 13.1. The molecule has 0 saturated heterocycles. The summed E-state index contributed by atoms with van der Waals surface area (Å²) in [7, 11) is 0. The molecule has 0 unspecified atom stereocenters. The van der Waals surface area contributed by atoms with Crippen LogP contribution in [0.25, 0.3) is 5.69 Å². The molecule has 0 aliphatic heterocycles. The Morgan fingerprint density at radius 2 is 1.65 bits per heavy atom. The van der Waals surface area contributed by atoms with Crippen LogP contribution in [0, 0.1) is 22.7 Å². The largest absolute Gasteiger partial charge is 0.433 e. The number of alkyl halides is 3. The number of hydrogen-bond acceptors (Lipinski definition) is 2. The minimum atomic E-state index is -4.75. The van der Waals surface area contributed by atoms with Crippen LogP contribution >= 0.6 is 11.6 Å². The van der Waals surface area contributed by atoms with Gasteiger partial charge in [0.15, 0.2) is 0 Å². The quantitative estimate of drug-likeness (QED) is 0.801. The molecule has 0 amide bonds. The van der Waals surface area contributed by atoms with E-state index >= 15 is 0 Å². The average Bonchev–Trinajstić information content (AvgIpc) is 2.78. The number of hydrogen-bond donors (Lipinski definition) is 0. The average molecular weight is 296 g/mol. The number of nitrogens with zero attached hydrogens (tertiary/aromatic N) is 3. The molecule has 1 aromatic heterocycles. The summed E-state index contributed by atoms with van der Waals surface area (Å²) in [5, 5.41) is 18.1. The SMILES string of the molecule is N#Cc1cn(-c2ccc(Cl)cc2)c(C(F)(F)F)c1C#N. The molecule has 0 aliphatic rings. The van der Waals surface area contributed by atoms with Crippen molar-refractivity contribution in [2.24, 2.45) is 0 Å². The van der Waals surface area contributed by atoms with Gasteiger partial charge in [-0.25, -0.2) is 0 Å². The van der Waals surface area contributed by atoms with E-state index < -0.39 is 17.4 Å². The Labute approximate surface area is 117 Å². The van der Waals surface area contributed by atoms with Crippen molar-refractivity contribution in [2.75, 3.05) is 0 Å². The Kier molecular flexibility index (Phi) is 3.44. The Morgan fingerprint density at radius 3 is 2.10 bits per heavy atom. The van der Waals surface area contributed by atoms with Crippen molar-refractivity contribution in [3.8, 4) is 17.8 Å². The van der Waals surface area contributed by atoms with Crippen LogP contribution < -0.4 is 0 Å². The second-order valence-electron chi connectivity index (χ2n) is 3.83. The fourth-order valence-corrected chi connectivity index (χ4v) is 1.91. The molecule has 2 rings (SSSR count). The lowest BCUT2D eigenvalue weighted by Gasteiger charge is -2.12. The van der Waals surface area contributed by atoms with Gasteiger partial charge in [0, 0.05) is 16.9 Å². The van der Waals surface area contributed by atoms with Crippen molar-refractivity contribution in [1.29, 1.82) is 10.5 Å². The Balaban J connectivity index is 2.77. The number of rotatable bonds is 1. The highest BCUT2D eigenvalue weighted by Crippen LogP contribution is 2.36. The summed E-state index contributed by atoms with van der Waals surface area (Å²) < 4.78 is 40.1. The van der Waals surface area contributed by atoms with Crippen molar-refractivity contribution in [2.45, 2.75) is 6.18 Å². The zero-order valence-electron chi connectivity index (χ0n) is 9.74. The zero-order chi connectivity index (χ0) is 14.9. The summed E-state index contributed by atoms with van der Waals surface area (Å²) in [6.07, 6.45) is -3.76. The van der Waals surface area contributed by atoms with Crippen LogP contribution in [0.3, 0.4) is 0 Å². The third kappa shape index (κ3) is 2.34. The first kappa shape index (κ1) is 14.0. The highest BCUT2D eigenvalue weighted by molar-refractivity contribution is 6.30. The summed E-state index contributed by atoms with van der Waals surface area (Å²) in [6, 6.07) is 8.63. The molecule has 7 heteroatoms. The van der Waals surface area contributed by atoms with Gasteiger partial charge < -0.3 is 4.57 Å². The van der Waals surface area contributed by atoms with Gasteiger partial charge in [-0.15, -0.1) is 0 Å². The van der Waals surface area contributed by atoms with E-state index in [1.54, 1.807) is 6.07 Å². The molecule has 3 nitrogen and oxygen atoms in total. The van der Waals surface area contributed by atoms with Crippen molar-refractivity contribution < 1.29 is 13.2 Å². The predicted molar refractivity (Wildman–Crippen MR) is 65.2 cm³/mol. The van der Waals surface area contributed by atoms with Gasteiger partial charge in [-0.2, -0.15) is 23.7 Å². The first-order valence-electron chi connectivity index (χ1n) is 5.27. The van der Waals surface area contributed by atoms with Crippen LogP contribution in [0.2, 0.25) is 5.02 Å². The van der Waals surface area contributed by atoms with Gasteiger partial charge in [-0.1, -0.05) is 11.6 Å². The van der Waals surface area contributed by atoms with Crippen LogP contribution in [0.5, 0.6) is 0 Å². The smallest absolute Gasteiger partial charge is 0.310 e. The van der Waals surface area contributed by atoms with E-state index in [9.17, 15) is 13.2 Å². The van der Waals surface area contributed by atoms with Gasteiger partial charge in [0.05, 0.1) is 5.56 Å². The van der Waals surface area contributed by atoms with E-state index in [-0.39, 0.29) is 11.3 Å². The third-order valence-electron chi connectivity index (χ3n) is 2.61. The normalized spacial score (nSPS) is 10.9. The maximum atomic E-state index is 13.1. The molecule has 100 valence electrons. The first-order valence-corrected chi connectivity index (χ1v) is 5.65. The van der Waals surface area contributed by atoms with E-state index in [0.29, 0.717) is 5.02 Å². The molecular formula is C13H5ClF3N3. The second kappa shape index (κ2) is 4.92. The van der Waals surface area contributed by atoms with Crippen LogP contribution in [-0.4, -0.2) is 4.57 Å². The number of benzene rings is 1. The van der Waals surface area contributed by atoms with Crippen molar-refractivity contribution in [1.82, 2.24) is 4.57 Å². The zero-order valence-corrected chi connectivity index (χ0v) is 10.5. The summed E-state index contributed by atoms with van der Waals surface area (Å²) in [4.78, 5) is 0. The Bertz CT molecular complexity index is 730. The summed E-state index contributed by atoms with van der Waals surface area (Å²) in [5.74, 6) is 0. The third-order valence-corrected chi connectivity index (χ3v) is 2.86. The molecule has 1 aromatic carbocycles. The summed E-state index contributed by atoms with van der Waals surface area (Å²) >= 11 is 5.68. The number of halogens is 4. The standard InChI is InChI=1S/C13H5ClF3N3/c14-9-1-3-10(4-2-9)20-7-8(5-18)11(6-19)12(20)13(15,16)17/h1-4,7H. The topological polar surface area (TPSA) is 52.5 Å². The molecule has 0 atom stereocenters. The van der Waals surface area contributed by atoms with Crippen molar-refractivity contribution >= 4 is 11.6 Å². The predicted octanol–water partition coefficient (Wildman–Crippen LogP) is 3.89. The molecule has 0 N–H and O–H groups in total. The van der Waals surface area contributed by atoms with Crippen molar-refractivity contribution in [3.63, 3.8) is 0 Å². The second-order valence-corrected chi connectivity index (χ2v) is 4.27. The monoisotopic (exact) mass is 295 g/mol. The molecule has 1 heterocycles. The molecule has 0 fully saturated rings. The highest BCUT2D eigenvalue weighted by atomic mass is 35.5. The maximum Gasteiger partial charge on any atom is 0.433 e. The molecule has 0 aliphatic carbocycles. The van der Waals surface area contributed by atoms with Gasteiger partial charge >= 0.3 is 6.18 Å². The van der Waals surface area contributed by atoms with E-state index in [0.717, 1.165) is 10.8 Å². The fourth-order valence-electron chi connectivity index (χ4n) is 1.79. The first-order chi connectivity index (χ1) is 9.38. The van der Waals surface area contributed by atoms with Gasteiger partial charge in [-0.3, -0.25) is 0 Å². The summed E-state index contributed by atoms with van der Waals surface area (Å²) in [6.45, 7) is 0. The lowest BCUT2D eigenvalue weighted by Crippen LogP contribution is -2.13. The van der Waals surface area contributed by atoms with Crippen LogP contribution in [0.15, 0.2) is 30.5 Å². The molecule has 2 aromatic rings. The van der Waals surface area contributed by atoms with Gasteiger partial charge in [0.2, 0.25) is 0 Å². The van der Waals surface area contributed by atoms with Gasteiger partial charge in [0.25, 0.3) is 0 Å². The fraction of sp³-hybridized carbons (Fsp3) is 0.0769. The molecule has 20 heavy (non-hydrogen) atoms. The van der Waals surface area contributed by atoms with Crippen LogP contribution in [0.4, 0.5) is 13.2 Å². The van der Waals surface area contributed by atoms with E-state index in [1.165, 1.54) is 30.3 Å². The molecule has 0 spiro atoms. The molecule has 0 saturated carbocycles. The van der Waals surface area contributed by atoms with E-state index in [1.807, 2.05) is 0 Å². The Morgan fingerprint density at radius 1 is 1.05 bits per heavy atom. The van der Waals surface area contributed by atoms with Crippen molar-refractivity contribution in [3.05, 3.63) is 52.3 Å². The number of aromatic nitrogens is 1.